The van der Waals surface area contributed by atoms with Gasteiger partial charge >= 0.3 is 6.18 Å². The number of Topliss-reactive ketones (excluding diaryl/α,β-unsaturated/α-hetero) is 2. The molecule has 1 aromatic carbocycles. The van der Waals surface area contributed by atoms with E-state index in [2.05, 4.69) is 4.98 Å². The summed E-state index contributed by atoms with van der Waals surface area (Å²) in [5.74, 6) is -0.770. The molecule has 0 bridgehead atoms. The van der Waals surface area contributed by atoms with Crippen LogP contribution in [0.3, 0.4) is 0 Å². The minimum Gasteiger partial charge on any atom is -0.483 e. The van der Waals surface area contributed by atoms with E-state index in [-0.39, 0.29) is 30.1 Å². The van der Waals surface area contributed by atoms with Crippen molar-refractivity contribution in [1.82, 2.24) is 4.98 Å². The van der Waals surface area contributed by atoms with Crippen LogP contribution < -0.4 is 9.47 Å². The second-order valence-electron chi connectivity index (χ2n) is 5.79. The van der Waals surface area contributed by atoms with Gasteiger partial charge in [0.25, 0.3) is 0 Å². The van der Waals surface area contributed by atoms with Gasteiger partial charge in [0, 0.05) is 24.6 Å². The minimum atomic E-state index is -4.70. The van der Waals surface area contributed by atoms with Crippen LogP contribution in [0.5, 0.6) is 11.5 Å². The number of hydrogen-bond donors (Lipinski definition) is 1. The molecule has 6 nitrogen and oxygen atoms in total. The van der Waals surface area contributed by atoms with Crippen molar-refractivity contribution >= 4 is 11.6 Å². The molecule has 0 spiro atoms. The van der Waals surface area contributed by atoms with Crippen molar-refractivity contribution in [3.63, 3.8) is 0 Å². The molecule has 0 fully saturated rings. The van der Waals surface area contributed by atoms with Crippen LogP contribution in [0.4, 0.5) is 13.2 Å². The van der Waals surface area contributed by atoms with Crippen molar-refractivity contribution in [3.8, 4) is 11.5 Å². The van der Waals surface area contributed by atoms with Gasteiger partial charge in [0.2, 0.25) is 6.29 Å². The summed E-state index contributed by atoms with van der Waals surface area (Å²) in [7, 11) is 0. The molecule has 2 aromatic rings. The van der Waals surface area contributed by atoms with E-state index in [9.17, 15) is 27.9 Å². The molecule has 9 heteroatoms. The third-order valence-corrected chi connectivity index (χ3v) is 3.87. The van der Waals surface area contributed by atoms with Crippen molar-refractivity contribution < 1.29 is 37.3 Å². The quantitative estimate of drug-likeness (QED) is 0.802. The number of carbonyl (C=O) groups excluding carboxylic acids is 2. The van der Waals surface area contributed by atoms with E-state index in [1.807, 2.05) is 0 Å². The van der Waals surface area contributed by atoms with Gasteiger partial charge < -0.3 is 14.6 Å². The highest BCUT2D eigenvalue weighted by Gasteiger charge is 2.35. The molecule has 1 N–H and O–H groups in total. The number of hydrogen-bond acceptors (Lipinski definition) is 6. The molecule has 27 heavy (non-hydrogen) atoms. The molecule has 1 aromatic heterocycles. The number of halogens is 3. The molecule has 0 aliphatic carbocycles. The SMILES string of the molecule is O=C(CCC(=O)c1ncccc1C(F)(F)F)c1ccc2c(c1)OCC(O)O2. The number of carbonyl (C=O) groups is 2. The summed E-state index contributed by atoms with van der Waals surface area (Å²) < 4.78 is 49.2. The van der Waals surface area contributed by atoms with Gasteiger partial charge in [0.05, 0.1) is 5.56 Å². The second kappa shape index (κ2) is 7.36. The Balaban J connectivity index is 1.69. The molecule has 2 heterocycles. The maximum atomic E-state index is 13.0. The van der Waals surface area contributed by atoms with Crippen LogP contribution in [0.1, 0.15) is 39.3 Å². The monoisotopic (exact) mass is 381 g/mol. The highest BCUT2D eigenvalue weighted by atomic mass is 19.4. The fraction of sp³-hybridized carbons (Fsp3) is 0.278. The molecular formula is C18H14F3NO5. The van der Waals surface area contributed by atoms with Crippen LogP contribution in [0.2, 0.25) is 0 Å². The Hall–Kier alpha value is -2.94. The Morgan fingerprint density at radius 2 is 1.89 bits per heavy atom. The number of ether oxygens (including phenoxy) is 2. The van der Waals surface area contributed by atoms with E-state index in [4.69, 9.17) is 9.47 Å². The number of pyridine rings is 1. The van der Waals surface area contributed by atoms with Gasteiger partial charge in [0.15, 0.2) is 29.7 Å². The average Bonchev–Trinajstić information content (AvgIpc) is 2.64. The summed E-state index contributed by atoms with van der Waals surface area (Å²) in [6, 6.07) is 6.13. The molecule has 0 amide bonds. The lowest BCUT2D eigenvalue weighted by Crippen LogP contribution is -2.28. The van der Waals surface area contributed by atoms with Crippen molar-refractivity contribution in [2.75, 3.05) is 6.61 Å². The summed E-state index contributed by atoms with van der Waals surface area (Å²) in [5, 5.41) is 9.33. The van der Waals surface area contributed by atoms with E-state index < -0.39 is 41.7 Å². The highest BCUT2D eigenvalue weighted by molar-refractivity contribution is 6.02. The number of rotatable bonds is 5. The van der Waals surface area contributed by atoms with Gasteiger partial charge in [-0.05, 0) is 30.3 Å². The molecule has 3 rings (SSSR count). The number of benzene rings is 1. The summed E-state index contributed by atoms with van der Waals surface area (Å²) in [4.78, 5) is 27.9. The molecule has 0 saturated carbocycles. The maximum Gasteiger partial charge on any atom is 0.418 e. The summed E-state index contributed by atoms with van der Waals surface area (Å²) in [6.45, 7) is -0.0942. The first-order valence-electron chi connectivity index (χ1n) is 7.96. The van der Waals surface area contributed by atoms with Gasteiger partial charge in [0.1, 0.15) is 5.69 Å². The lowest BCUT2D eigenvalue weighted by atomic mass is 10.0. The number of aliphatic hydroxyl groups excluding tert-OH is 1. The van der Waals surface area contributed by atoms with Crippen LogP contribution in [0.15, 0.2) is 36.5 Å². The Morgan fingerprint density at radius 3 is 2.63 bits per heavy atom. The van der Waals surface area contributed by atoms with Crippen LogP contribution >= 0.6 is 0 Å². The summed E-state index contributed by atoms with van der Waals surface area (Å²) in [5.41, 5.74) is -1.60. The predicted molar refractivity (Wildman–Crippen MR) is 85.7 cm³/mol. The third-order valence-electron chi connectivity index (χ3n) is 3.87. The van der Waals surface area contributed by atoms with Gasteiger partial charge in [-0.2, -0.15) is 13.2 Å². The van der Waals surface area contributed by atoms with Crippen molar-refractivity contribution in [1.29, 1.82) is 0 Å². The van der Waals surface area contributed by atoms with Crippen molar-refractivity contribution in [2.45, 2.75) is 25.3 Å². The normalized spacial score (nSPS) is 16.1. The lowest BCUT2D eigenvalue weighted by Gasteiger charge is -2.22. The van der Waals surface area contributed by atoms with Gasteiger partial charge in [-0.3, -0.25) is 14.6 Å². The molecule has 1 unspecified atom stereocenters. The Bertz CT molecular complexity index is 882. The third kappa shape index (κ3) is 4.25. The zero-order valence-corrected chi connectivity index (χ0v) is 13.8. The fourth-order valence-corrected chi connectivity index (χ4v) is 2.58. The molecule has 1 atom stereocenters. The number of alkyl halides is 3. The molecule has 142 valence electrons. The van der Waals surface area contributed by atoms with Crippen LogP contribution in [-0.4, -0.2) is 34.6 Å². The number of fused-ring (bicyclic) bond motifs is 1. The van der Waals surface area contributed by atoms with Crippen LogP contribution in [0.25, 0.3) is 0 Å². The average molecular weight is 381 g/mol. The number of ketones is 2. The number of nitrogens with zero attached hydrogens (tertiary/aromatic N) is 1. The van der Waals surface area contributed by atoms with Crippen molar-refractivity contribution in [3.05, 3.63) is 53.3 Å². The van der Waals surface area contributed by atoms with E-state index in [1.165, 1.54) is 18.2 Å². The second-order valence-corrected chi connectivity index (χ2v) is 5.79. The van der Waals surface area contributed by atoms with Crippen LogP contribution in [-0.2, 0) is 6.18 Å². The van der Waals surface area contributed by atoms with E-state index >= 15 is 0 Å². The molecule has 1 aliphatic heterocycles. The number of aliphatic hydroxyl groups is 1. The van der Waals surface area contributed by atoms with Gasteiger partial charge in [-0.1, -0.05) is 0 Å². The lowest BCUT2D eigenvalue weighted by molar-refractivity contribution is -0.138. The fourth-order valence-electron chi connectivity index (χ4n) is 2.58. The molecule has 0 saturated heterocycles. The predicted octanol–water partition coefficient (Wildman–Crippen LogP) is 3.04. The molecular weight excluding hydrogens is 367 g/mol. The smallest absolute Gasteiger partial charge is 0.418 e. The van der Waals surface area contributed by atoms with Gasteiger partial charge in [-0.25, -0.2) is 0 Å². The Labute approximate surface area is 151 Å². The van der Waals surface area contributed by atoms with E-state index in [1.54, 1.807) is 0 Å². The van der Waals surface area contributed by atoms with Crippen molar-refractivity contribution in [2.24, 2.45) is 0 Å². The standard InChI is InChI=1S/C18H14F3NO5/c19-18(20,21)11-2-1-7-22-17(11)13(24)5-4-12(23)10-3-6-14-15(8-10)26-9-16(25)27-14/h1-3,6-8,16,25H,4-5,9H2. The summed E-state index contributed by atoms with van der Waals surface area (Å²) in [6.07, 6.45) is -5.40. The van der Waals surface area contributed by atoms with E-state index in [0.717, 1.165) is 18.3 Å². The van der Waals surface area contributed by atoms with Gasteiger partial charge in [-0.15, -0.1) is 0 Å². The van der Waals surface area contributed by atoms with E-state index in [0.29, 0.717) is 0 Å². The summed E-state index contributed by atoms with van der Waals surface area (Å²) >= 11 is 0. The maximum absolute atomic E-state index is 13.0. The largest absolute Gasteiger partial charge is 0.483 e. The first-order valence-corrected chi connectivity index (χ1v) is 7.96. The first kappa shape index (κ1) is 18.8. The Morgan fingerprint density at radius 1 is 1.15 bits per heavy atom. The first-order chi connectivity index (χ1) is 12.8. The Kier molecular flexibility index (Phi) is 5.13. The molecule has 0 radical (unpaired) electrons. The zero-order chi connectivity index (χ0) is 19.6. The van der Waals surface area contributed by atoms with Crippen LogP contribution in [0, 0.1) is 0 Å². The highest BCUT2D eigenvalue weighted by Crippen LogP contribution is 2.33. The zero-order valence-electron chi connectivity index (χ0n) is 13.8. The topological polar surface area (TPSA) is 85.7 Å². The minimum absolute atomic E-state index is 0.0942. The number of aromatic nitrogens is 1. The molecule has 1 aliphatic rings.